The number of benzene rings is 1. The Labute approximate surface area is 124 Å². The van der Waals surface area contributed by atoms with Crippen molar-refractivity contribution in [3.8, 4) is 0 Å². The third kappa shape index (κ3) is 3.02. The van der Waals surface area contributed by atoms with Gasteiger partial charge in [-0.05, 0) is 30.7 Å². The van der Waals surface area contributed by atoms with Gasteiger partial charge in [0.1, 0.15) is 6.34 Å². The van der Waals surface area contributed by atoms with Gasteiger partial charge in [-0.25, -0.2) is 4.99 Å². The SMILES string of the molecule is Cc1cc(N=CNO)ccc1N1CCC2(CC1)OCCO2. The highest BCUT2D eigenvalue weighted by atomic mass is 16.7. The van der Waals surface area contributed by atoms with Gasteiger partial charge >= 0.3 is 0 Å². The number of rotatable bonds is 3. The zero-order chi connectivity index (χ0) is 14.7. The Morgan fingerprint density at radius 1 is 1.29 bits per heavy atom. The quantitative estimate of drug-likeness (QED) is 0.506. The summed E-state index contributed by atoms with van der Waals surface area (Å²) in [5, 5.41) is 8.53. The maximum atomic E-state index is 8.53. The van der Waals surface area contributed by atoms with E-state index in [4.69, 9.17) is 14.7 Å². The molecule has 0 bridgehead atoms. The first-order chi connectivity index (χ1) is 10.2. The minimum Gasteiger partial charge on any atom is -0.371 e. The van der Waals surface area contributed by atoms with Crippen LogP contribution in [0.2, 0.25) is 0 Å². The highest BCUT2D eigenvalue weighted by molar-refractivity contribution is 5.64. The second-order valence-electron chi connectivity index (χ2n) is 5.45. The number of nitrogens with one attached hydrogen (secondary N) is 1. The molecule has 6 nitrogen and oxygen atoms in total. The molecule has 0 atom stereocenters. The van der Waals surface area contributed by atoms with Crippen LogP contribution in [0.15, 0.2) is 23.2 Å². The Morgan fingerprint density at radius 2 is 2.00 bits per heavy atom. The summed E-state index contributed by atoms with van der Waals surface area (Å²) < 4.78 is 11.5. The van der Waals surface area contributed by atoms with Gasteiger partial charge in [0.05, 0.1) is 18.9 Å². The number of aryl methyl sites for hydroxylation is 1. The molecule has 1 spiro atoms. The van der Waals surface area contributed by atoms with Crippen molar-refractivity contribution in [2.75, 3.05) is 31.2 Å². The smallest absolute Gasteiger partial charge is 0.171 e. The summed E-state index contributed by atoms with van der Waals surface area (Å²) >= 11 is 0. The van der Waals surface area contributed by atoms with E-state index in [1.807, 2.05) is 17.6 Å². The summed E-state index contributed by atoms with van der Waals surface area (Å²) in [5.74, 6) is -0.332. The van der Waals surface area contributed by atoms with Gasteiger partial charge in [-0.2, -0.15) is 0 Å². The van der Waals surface area contributed by atoms with Crippen molar-refractivity contribution in [2.45, 2.75) is 25.6 Å². The number of piperidine rings is 1. The Morgan fingerprint density at radius 3 is 2.62 bits per heavy atom. The van der Waals surface area contributed by atoms with Crippen LogP contribution in [0, 0.1) is 6.92 Å². The first kappa shape index (κ1) is 14.3. The molecular weight excluding hydrogens is 270 g/mol. The molecule has 2 aliphatic rings. The van der Waals surface area contributed by atoms with E-state index in [1.54, 1.807) is 0 Å². The Kier molecular flexibility index (Phi) is 4.10. The van der Waals surface area contributed by atoms with Crippen LogP contribution < -0.4 is 10.4 Å². The van der Waals surface area contributed by atoms with Crippen molar-refractivity contribution in [3.05, 3.63) is 23.8 Å². The minimum absolute atomic E-state index is 0.332. The van der Waals surface area contributed by atoms with E-state index in [2.05, 4.69) is 22.9 Å². The van der Waals surface area contributed by atoms with Crippen LogP contribution in [-0.2, 0) is 9.47 Å². The van der Waals surface area contributed by atoms with Crippen molar-refractivity contribution in [3.63, 3.8) is 0 Å². The average Bonchev–Trinajstić information content (AvgIpc) is 2.95. The minimum atomic E-state index is -0.332. The molecule has 21 heavy (non-hydrogen) atoms. The van der Waals surface area contributed by atoms with Gasteiger partial charge in [0.2, 0.25) is 0 Å². The predicted octanol–water partition coefficient (Wildman–Crippen LogP) is 1.98. The van der Waals surface area contributed by atoms with Gasteiger partial charge in [0.15, 0.2) is 5.79 Å². The van der Waals surface area contributed by atoms with E-state index >= 15 is 0 Å². The molecule has 2 fully saturated rings. The standard InChI is InChI=1S/C15H21N3O3/c1-12-10-13(16-11-17-19)2-3-14(12)18-6-4-15(5-7-18)20-8-9-21-15/h2-3,10-11,19H,4-9H2,1H3,(H,16,17). The molecule has 0 unspecified atom stereocenters. The number of aliphatic imine (C=N–C) groups is 1. The maximum absolute atomic E-state index is 8.53. The molecule has 0 radical (unpaired) electrons. The van der Waals surface area contributed by atoms with E-state index in [1.165, 1.54) is 17.6 Å². The lowest BCUT2D eigenvalue weighted by Crippen LogP contribution is -2.45. The van der Waals surface area contributed by atoms with Gasteiger partial charge < -0.3 is 14.4 Å². The fraction of sp³-hybridized carbons (Fsp3) is 0.533. The van der Waals surface area contributed by atoms with Crippen LogP contribution in [0.4, 0.5) is 11.4 Å². The van der Waals surface area contributed by atoms with E-state index in [9.17, 15) is 0 Å². The second kappa shape index (κ2) is 6.01. The molecule has 2 saturated heterocycles. The summed E-state index contributed by atoms with van der Waals surface area (Å²) in [6.07, 6.45) is 3.06. The fourth-order valence-electron chi connectivity index (χ4n) is 3.05. The molecule has 114 valence electrons. The predicted molar refractivity (Wildman–Crippen MR) is 80.3 cm³/mol. The van der Waals surface area contributed by atoms with Crippen molar-refractivity contribution >= 4 is 17.7 Å². The third-order valence-corrected chi connectivity index (χ3v) is 4.13. The lowest BCUT2D eigenvalue weighted by Gasteiger charge is -2.39. The lowest BCUT2D eigenvalue weighted by molar-refractivity contribution is -0.169. The first-order valence-corrected chi connectivity index (χ1v) is 7.28. The lowest BCUT2D eigenvalue weighted by atomic mass is 10.0. The molecule has 2 aliphatic heterocycles. The monoisotopic (exact) mass is 291 g/mol. The van der Waals surface area contributed by atoms with Gasteiger partial charge in [0.25, 0.3) is 0 Å². The molecule has 2 N–H and O–H groups in total. The maximum Gasteiger partial charge on any atom is 0.171 e. The molecule has 6 heteroatoms. The highest BCUT2D eigenvalue weighted by Gasteiger charge is 2.39. The van der Waals surface area contributed by atoms with Gasteiger partial charge in [-0.1, -0.05) is 0 Å². The Bertz CT molecular complexity index is 517. The van der Waals surface area contributed by atoms with Crippen LogP contribution in [0.5, 0.6) is 0 Å². The number of nitrogens with zero attached hydrogens (tertiary/aromatic N) is 2. The first-order valence-electron chi connectivity index (χ1n) is 7.28. The third-order valence-electron chi connectivity index (χ3n) is 4.13. The molecule has 1 aromatic rings. The number of hydroxylamine groups is 1. The molecule has 0 aliphatic carbocycles. The van der Waals surface area contributed by atoms with E-state index in [0.29, 0.717) is 13.2 Å². The van der Waals surface area contributed by atoms with Gasteiger partial charge in [-0.3, -0.25) is 10.7 Å². The van der Waals surface area contributed by atoms with Crippen LogP contribution in [0.25, 0.3) is 0 Å². The van der Waals surface area contributed by atoms with Crippen molar-refractivity contribution in [2.24, 2.45) is 4.99 Å². The molecule has 3 rings (SSSR count). The van der Waals surface area contributed by atoms with Gasteiger partial charge in [-0.15, -0.1) is 0 Å². The fourth-order valence-corrected chi connectivity index (χ4v) is 3.05. The molecular formula is C15H21N3O3. The van der Waals surface area contributed by atoms with Gasteiger partial charge in [0, 0.05) is 31.6 Å². The van der Waals surface area contributed by atoms with Crippen molar-refractivity contribution < 1.29 is 14.7 Å². The molecule has 0 saturated carbocycles. The largest absolute Gasteiger partial charge is 0.371 e. The molecule has 2 heterocycles. The van der Waals surface area contributed by atoms with Crippen LogP contribution >= 0.6 is 0 Å². The topological polar surface area (TPSA) is 66.3 Å². The van der Waals surface area contributed by atoms with Crippen LogP contribution in [0.3, 0.4) is 0 Å². The number of hydrogen-bond donors (Lipinski definition) is 2. The van der Waals surface area contributed by atoms with E-state index < -0.39 is 0 Å². The molecule has 0 amide bonds. The number of ether oxygens (including phenoxy) is 2. The van der Waals surface area contributed by atoms with Crippen LogP contribution in [0.1, 0.15) is 18.4 Å². The average molecular weight is 291 g/mol. The summed E-state index contributed by atoms with van der Waals surface area (Å²) in [6, 6.07) is 6.03. The Balaban J connectivity index is 1.69. The summed E-state index contributed by atoms with van der Waals surface area (Å²) in [6.45, 7) is 5.37. The second-order valence-corrected chi connectivity index (χ2v) is 5.45. The zero-order valence-electron chi connectivity index (χ0n) is 12.2. The number of anilines is 1. The number of hydrogen-bond acceptors (Lipinski definition) is 5. The van der Waals surface area contributed by atoms with E-state index in [-0.39, 0.29) is 5.79 Å². The van der Waals surface area contributed by atoms with Crippen molar-refractivity contribution in [1.82, 2.24) is 5.48 Å². The Hall–Kier alpha value is -1.63. The summed E-state index contributed by atoms with van der Waals surface area (Å²) in [7, 11) is 0. The summed E-state index contributed by atoms with van der Waals surface area (Å²) in [5.41, 5.74) is 5.12. The normalized spacial score (nSPS) is 21.3. The van der Waals surface area contributed by atoms with E-state index in [0.717, 1.165) is 31.6 Å². The van der Waals surface area contributed by atoms with Crippen molar-refractivity contribution in [1.29, 1.82) is 0 Å². The highest BCUT2D eigenvalue weighted by Crippen LogP contribution is 2.34. The molecule has 1 aromatic carbocycles. The zero-order valence-corrected chi connectivity index (χ0v) is 12.2. The van der Waals surface area contributed by atoms with Crippen LogP contribution in [-0.4, -0.2) is 43.6 Å². The molecule has 0 aromatic heterocycles. The summed E-state index contributed by atoms with van der Waals surface area (Å²) in [4.78, 5) is 6.45.